The summed E-state index contributed by atoms with van der Waals surface area (Å²) in [7, 11) is 0. The monoisotopic (exact) mass is 395 g/mol. The topological polar surface area (TPSA) is 92.6 Å². The molecular formula is C22H25N3O4. The molecule has 29 heavy (non-hydrogen) atoms. The molecule has 0 spiro atoms. The molecule has 0 aliphatic carbocycles. The van der Waals surface area contributed by atoms with Gasteiger partial charge in [0, 0.05) is 29.4 Å². The number of anilines is 1. The average Bonchev–Trinajstić information content (AvgIpc) is 2.68. The lowest BCUT2D eigenvalue weighted by molar-refractivity contribution is -0.385. The number of para-hydroxylation sites is 1. The summed E-state index contributed by atoms with van der Waals surface area (Å²) in [4.78, 5) is 38.2. The first-order chi connectivity index (χ1) is 13.8. The normalized spacial score (nSPS) is 16.4. The second-order valence-corrected chi connectivity index (χ2v) is 7.56. The number of rotatable bonds is 4. The first kappa shape index (κ1) is 20.5. The summed E-state index contributed by atoms with van der Waals surface area (Å²) in [6.07, 6.45) is 3.16. The van der Waals surface area contributed by atoms with E-state index >= 15 is 0 Å². The molecule has 1 aliphatic rings. The summed E-state index contributed by atoms with van der Waals surface area (Å²) in [5.74, 6) is -0.556. The smallest absolute Gasteiger partial charge is 0.285 e. The van der Waals surface area contributed by atoms with E-state index in [1.54, 1.807) is 44.2 Å². The van der Waals surface area contributed by atoms with Gasteiger partial charge in [-0.1, -0.05) is 12.1 Å². The molecule has 7 heteroatoms. The van der Waals surface area contributed by atoms with Crippen LogP contribution >= 0.6 is 0 Å². The highest BCUT2D eigenvalue weighted by molar-refractivity contribution is 6.08. The maximum absolute atomic E-state index is 12.8. The molecule has 0 radical (unpaired) electrons. The first-order valence-electron chi connectivity index (χ1n) is 9.76. The number of hydrogen-bond donors (Lipinski definition) is 1. The van der Waals surface area contributed by atoms with Crippen molar-refractivity contribution in [3.05, 3.63) is 68.8 Å². The zero-order chi connectivity index (χ0) is 21.1. The molecule has 1 aliphatic heterocycles. The van der Waals surface area contributed by atoms with Crippen LogP contribution in [0.5, 0.6) is 0 Å². The van der Waals surface area contributed by atoms with Crippen molar-refractivity contribution in [3.8, 4) is 0 Å². The number of nitro benzene ring substituents is 1. The molecule has 2 aromatic rings. The Balaban J connectivity index is 1.81. The van der Waals surface area contributed by atoms with Crippen molar-refractivity contribution >= 4 is 23.2 Å². The minimum atomic E-state index is -0.549. The maximum Gasteiger partial charge on any atom is 0.285 e. The Bertz CT molecular complexity index is 971. The molecule has 1 N–H and O–H groups in total. The van der Waals surface area contributed by atoms with Gasteiger partial charge in [-0.15, -0.1) is 0 Å². The number of amides is 2. The van der Waals surface area contributed by atoms with Crippen LogP contribution in [0.15, 0.2) is 36.4 Å². The van der Waals surface area contributed by atoms with Gasteiger partial charge in [0.05, 0.1) is 4.92 Å². The third kappa shape index (κ3) is 4.29. The van der Waals surface area contributed by atoms with Gasteiger partial charge in [0.15, 0.2) is 0 Å². The molecule has 1 unspecified atom stereocenters. The number of nitrogens with zero attached hydrogens (tertiary/aromatic N) is 2. The largest absolute Gasteiger partial charge is 0.336 e. The fourth-order valence-corrected chi connectivity index (χ4v) is 3.78. The van der Waals surface area contributed by atoms with Crippen molar-refractivity contribution in [1.29, 1.82) is 0 Å². The number of aryl methyl sites for hydroxylation is 2. The Labute approximate surface area is 169 Å². The van der Waals surface area contributed by atoms with E-state index in [4.69, 9.17) is 0 Å². The summed E-state index contributed by atoms with van der Waals surface area (Å²) in [5, 5.41) is 14.1. The number of hydrogen-bond acceptors (Lipinski definition) is 4. The summed E-state index contributed by atoms with van der Waals surface area (Å²) < 4.78 is 0. The van der Waals surface area contributed by atoms with Gasteiger partial charge in [-0.05, 0) is 69.9 Å². The van der Waals surface area contributed by atoms with E-state index in [0.29, 0.717) is 16.8 Å². The molecule has 1 saturated heterocycles. The van der Waals surface area contributed by atoms with Crippen LogP contribution in [0.25, 0.3) is 0 Å². The van der Waals surface area contributed by atoms with Crippen molar-refractivity contribution in [1.82, 2.24) is 4.90 Å². The third-order valence-corrected chi connectivity index (χ3v) is 5.45. The molecule has 7 nitrogen and oxygen atoms in total. The minimum Gasteiger partial charge on any atom is -0.336 e. The van der Waals surface area contributed by atoms with Gasteiger partial charge in [-0.25, -0.2) is 0 Å². The number of nitrogens with one attached hydrogen (secondary N) is 1. The van der Waals surface area contributed by atoms with E-state index in [0.717, 1.165) is 31.4 Å². The molecular weight excluding hydrogens is 370 g/mol. The second kappa shape index (κ2) is 8.43. The molecule has 1 atom stereocenters. The molecule has 0 bridgehead atoms. The van der Waals surface area contributed by atoms with Crippen LogP contribution in [0.1, 0.15) is 58.0 Å². The predicted octanol–water partition coefficient (Wildman–Crippen LogP) is 4.48. The third-order valence-electron chi connectivity index (χ3n) is 5.45. The molecule has 3 rings (SSSR count). The molecule has 0 saturated carbocycles. The first-order valence-corrected chi connectivity index (χ1v) is 9.76. The molecule has 1 fully saturated rings. The van der Waals surface area contributed by atoms with E-state index in [1.165, 1.54) is 6.07 Å². The van der Waals surface area contributed by atoms with Crippen LogP contribution < -0.4 is 5.32 Å². The van der Waals surface area contributed by atoms with E-state index in [2.05, 4.69) is 12.2 Å². The Kier molecular flexibility index (Phi) is 5.96. The number of likely N-dealkylation sites (tertiary alicyclic amines) is 1. The molecule has 2 aromatic carbocycles. The lowest BCUT2D eigenvalue weighted by Crippen LogP contribution is -2.42. The summed E-state index contributed by atoms with van der Waals surface area (Å²) in [5.41, 5.74) is 2.06. The average molecular weight is 395 g/mol. The van der Waals surface area contributed by atoms with Gasteiger partial charge in [-0.3, -0.25) is 19.7 Å². The van der Waals surface area contributed by atoms with Gasteiger partial charge in [0.2, 0.25) is 0 Å². The van der Waals surface area contributed by atoms with Gasteiger partial charge >= 0.3 is 0 Å². The number of nitro groups is 1. The zero-order valence-electron chi connectivity index (χ0n) is 16.9. The Morgan fingerprint density at radius 3 is 2.55 bits per heavy atom. The van der Waals surface area contributed by atoms with E-state index in [9.17, 15) is 19.7 Å². The van der Waals surface area contributed by atoms with Crippen molar-refractivity contribution in [2.45, 2.75) is 46.1 Å². The lowest BCUT2D eigenvalue weighted by Gasteiger charge is -2.33. The Hall–Kier alpha value is -3.22. The summed E-state index contributed by atoms with van der Waals surface area (Å²) >= 11 is 0. The van der Waals surface area contributed by atoms with Crippen LogP contribution in [0, 0.1) is 24.0 Å². The van der Waals surface area contributed by atoms with Gasteiger partial charge in [-0.2, -0.15) is 0 Å². The zero-order valence-corrected chi connectivity index (χ0v) is 16.9. The van der Waals surface area contributed by atoms with Gasteiger partial charge in [0.25, 0.3) is 17.5 Å². The van der Waals surface area contributed by atoms with Crippen molar-refractivity contribution in [2.24, 2.45) is 0 Å². The molecule has 152 valence electrons. The lowest BCUT2D eigenvalue weighted by atomic mass is 10.0. The van der Waals surface area contributed by atoms with Crippen LogP contribution in [-0.2, 0) is 0 Å². The van der Waals surface area contributed by atoms with Crippen molar-refractivity contribution < 1.29 is 14.5 Å². The van der Waals surface area contributed by atoms with Crippen LogP contribution in [-0.4, -0.2) is 34.2 Å². The number of benzene rings is 2. The Morgan fingerprint density at radius 1 is 1.14 bits per heavy atom. The SMILES string of the molecule is Cc1cc(C(=O)N2CCCCC2C)ccc1NC(=O)c1cccc(C)c1[N+](=O)[O-]. The van der Waals surface area contributed by atoms with Gasteiger partial charge in [0.1, 0.15) is 5.56 Å². The fraction of sp³-hybridized carbons (Fsp3) is 0.364. The number of piperidine rings is 1. The predicted molar refractivity (Wildman–Crippen MR) is 111 cm³/mol. The molecule has 2 amide bonds. The highest BCUT2D eigenvalue weighted by Crippen LogP contribution is 2.26. The maximum atomic E-state index is 12.8. The summed E-state index contributed by atoms with van der Waals surface area (Å²) in [6.45, 7) is 6.22. The highest BCUT2D eigenvalue weighted by atomic mass is 16.6. The van der Waals surface area contributed by atoms with Crippen LogP contribution in [0.4, 0.5) is 11.4 Å². The van der Waals surface area contributed by atoms with Crippen molar-refractivity contribution in [3.63, 3.8) is 0 Å². The second-order valence-electron chi connectivity index (χ2n) is 7.56. The van der Waals surface area contributed by atoms with Crippen LogP contribution in [0.2, 0.25) is 0 Å². The number of carbonyl (C=O) groups is 2. The highest BCUT2D eigenvalue weighted by Gasteiger charge is 2.25. The molecule has 0 aromatic heterocycles. The quantitative estimate of drug-likeness (QED) is 0.610. The summed E-state index contributed by atoms with van der Waals surface area (Å²) in [6, 6.07) is 9.99. The molecule has 1 heterocycles. The van der Waals surface area contributed by atoms with Crippen LogP contribution in [0.3, 0.4) is 0 Å². The van der Waals surface area contributed by atoms with E-state index in [1.807, 2.05) is 4.90 Å². The fourth-order valence-electron chi connectivity index (χ4n) is 3.78. The standard InChI is InChI=1S/C22H25N3O4/c1-14-7-6-9-18(20(14)25(28)29)21(26)23-19-11-10-17(13-15(19)2)22(27)24-12-5-4-8-16(24)3/h6-7,9-11,13,16H,4-5,8,12H2,1-3H3,(H,23,26). The van der Waals surface area contributed by atoms with Gasteiger partial charge < -0.3 is 10.2 Å². The number of carbonyl (C=O) groups excluding carboxylic acids is 2. The van der Waals surface area contributed by atoms with Crippen molar-refractivity contribution in [2.75, 3.05) is 11.9 Å². The van der Waals surface area contributed by atoms with E-state index < -0.39 is 10.8 Å². The Morgan fingerprint density at radius 2 is 1.90 bits per heavy atom. The minimum absolute atomic E-state index is 0.00695. The van der Waals surface area contributed by atoms with E-state index in [-0.39, 0.29) is 23.2 Å².